The number of rotatable bonds is 11. The summed E-state index contributed by atoms with van der Waals surface area (Å²) in [7, 11) is 3.78. The van der Waals surface area contributed by atoms with Gasteiger partial charge in [-0.25, -0.2) is 19.6 Å². The third kappa shape index (κ3) is 6.41. The summed E-state index contributed by atoms with van der Waals surface area (Å²) in [5.41, 5.74) is 1.96. The molecule has 218 valence electrons. The minimum atomic E-state index is -0.243. The highest BCUT2D eigenvalue weighted by atomic mass is 16.5. The van der Waals surface area contributed by atoms with Crippen LogP contribution in [0.1, 0.15) is 39.2 Å². The molecule has 0 spiro atoms. The Hall–Kier alpha value is -4.23. The van der Waals surface area contributed by atoms with E-state index in [2.05, 4.69) is 37.3 Å². The van der Waals surface area contributed by atoms with Crippen LogP contribution in [-0.2, 0) is 7.05 Å². The SMILES string of the molecule is CCOc1nn(C2CCN(C)CC2)cc1-c1cnc(Nc2ccnc(-c3cnn(C)c3O)n2)cc1OC(C)CCO. The number of anilines is 2. The van der Waals surface area contributed by atoms with E-state index in [9.17, 15) is 10.2 Å². The van der Waals surface area contributed by atoms with Gasteiger partial charge < -0.3 is 29.9 Å². The van der Waals surface area contributed by atoms with Crippen LogP contribution in [0.25, 0.3) is 22.5 Å². The second-order valence-corrected chi connectivity index (χ2v) is 10.2. The lowest BCUT2D eigenvalue weighted by atomic mass is 10.1. The number of nitrogens with one attached hydrogen (secondary N) is 1. The summed E-state index contributed by atoms with van der Waals surface area (Å²) in [6, 6.07) is 3.80. The highest BCUT2D eigenvalue weighted by molar-refractivity contribution is 5.75. The molecule has 0 amide bonds. The zero-order valence-electron chi connectivity index (χ0n) is 23.9. The number of aliphatic hydroxyl groups is 1. The number of aromatic hydroxyl groups is 1. The van der Waals surface area contributed by atoms with Gasteiger partial charge in [0.2, 0.25) is 11.8 Å². The van der Waals surface area contributed by atoms with Gasteiger partial charge in [-0.2, -0.15) is 5.10 Å². The number of pyridine rings is 1. The van der Waals surface area contributed by atoms with Gasteiger partial charge in [0.1, 0.15) is 22.9 Å². The van der Waals surface area contributed by atoms with Crippen molar-refractivity contribution in [2.24, 2.45) is 7.05 Å². The zero-order chi connectivity index (χ0) is 28.9. The first-order chi connectivity index (χ1) is 19.9. The maximum absolute atomic E-state index is 10.3. The topological polar surface area (TPSA) is 148 Å². The fraction of sp³-hybridized carbons (Fsp3) is 0.464. The van der Waals surface area contributed by atoms with Crippen LogP contribution in [0.5, 0.6) is 17.5 Å². The van der Waals surface area contributed by atoms with Crippen LogP contribution in [0, 0.1) is 0 Å². The molecule has 1 fully saturated rings. The third-order valence-corrected chi connectivity index (χ3v) is 7.12. The van der Waals surface area contributed by atoms with Gasteiger partial charge in [0.25, 0.3) is 0 Å². The lowest BCUT2D eigenvalue weighted by Gasteiger charge is -2.28. The fourth-order valence-electron chi connectivity index (χ4n) is 4.79. The molecular weight excluding hydrogens is 526 g/mol. The van der Waals surface area contributed by atoms with E-state index in [1.807, 2.05) is 24.7 Å². The van der Waals surface area contributed by atoms with Gasteiger partial charge >= 0.3 is 0 Å². The van der Waals surface area contributed by atoms with E-state index in [0.717, 1.165) is 37.1 Å². The standard InChI is InChI=1S/C28H37N9O4/c1-5-40-27-22(17-37(34-27)19-7-11-35(3)12-8-19)20-15-30-25(14-23(20)41-18(2)9-13-38)32-24-6-10-29-26(33-24)21-16-31-36(4)28(21)39/h6,10,14-19,38-39H,5,7-9,11-13H2,1-4H3,(H,29,30,32,33). The van der Waals surface area contributed by atoms with Crippen molar-refractivity contribution in [3.63, 3.8) is 0 Å². The molecule has 1 atom stereocenters. The summed E-state index contributed by atoms with van der Waals surface area (Å²) in [6.07, 6.45) is 9.12. The summed E-state index contributed by atoms with van der Waals surface area (Å²) in [4.78, 5) is 15.8. The van der Waals surface area contributed by atoms with Crippen molar-refractivity contribution in [1.29, 1.82) is 0 Å². The highest BCUT2D eigenvalue weighted by Gasteiger charge is 2.24. The molecule has 3 N–H and O–H groups in total. The summed E-state index contributed by atoms with van der Waals surface area (Å²) < 4.78 is 15.6. The molecule has 0 bridgehead atoms. The lowest BCUT2D eigenvalue weighted by molar-refractivity contribution is 0.169. The molecule has 4 aromatic heterocycles. The Morgan fingerprint density at radius 1 is 1.10 bits per heavy atom. The normalized spacial score (nSPS) is 15.1. The van der Waals surface area contributed by atoms with Gasteiger partial charge in [-0.15, -0.1) is 5.10 Å². The van der Waals surface area contributed by atoms with Crippen LogP contribution in [-0.4, -0.2) is 89.1 Å². The van der Waals surface area contributed by atoms with Gasteiger partial charge in [0, 0.05) is 50.3 Å². The van der Waals surface area contributed by atoms with Gasteiger partial charge in [-0.1, -0.05) is 0 Å². The molecule has 5 heterocycles. The minimum absolute atomic E-state index is 0.00977. The van der Waals surface area contributed by atoms with Gasteiger partial charge in [0.05, 0.1) is 30.5 Å². The summed E-state index contributed by atoms with van der Waals surface area (Å²) in [5, 5.41) is 31.8. The quantitative estimate of drug-likeness (QED) is 0.246. The zero-order valence-corrected chi connectivity index (χ0v) is 23.9. The number of piperidine rings is 1. The Balaban J connectivity index is 1.48. The average Bonchev–Trinajstić information content (AvgIpc) is 3.52. The van der Waals surface area contributed by atoms with Crippen molar-refractivity contribution in [1.82, 2.24) is 39.4 Å². The van der Waals surface area contributed by atoms with E-state index in [1.54, 1.807) is 31.6 Å². The number of hydrogen-bond acceptors (Lipinski definition) is 11. The predicted molar refractivity (Wildman–Crippen MR) is 153 cm³/mol. The molecule has 1 unspecified atom stereocenters. The van der Waals surface area contributed by atoms with Crippen LogP contribution in [0.15, 0.2) is 36.9 Å². The smallest absolute Gasteiger partial charge is 0.240 e. The molecule has 0 aromatic carbocycles. The molecule has 1 aliphatic rings. The monoisotopic (exact) mass is 563 g/mol. The van der Waals surface area contributed by atoms with Crippen molar-refractivity contribution in [3.05, 3.63) is 36.9 Å². The van der Waals surface area contributed by atoms with Crippen molar-refractivity contribution < 1.29 is 19.7 Å². The Morgan fingerprint density at radius 2 is 1.90 bits per heavy atom. The average molecular weight is 564 g/mol. The number of nitrogens with zero attached hydrogens (tertiary/aromatic N) is 8. The molecule has 5 rings (SSSR count). The third-order valence-electron chi connectivity index (χ3n) is 7.12. The van der Waals surface area contributed by atoms with Gasteiger partial charge in [0.15, 0.2) is 5.82 Å². The predicted octanol–water partition coefficient (Wildman–Crippen LogP) is 3.40. The van der Waals surface area contributed by atoms with Crippen LogP contribution in [0.4, 0.5) is 11.6 Å². The second kappa shape index (κ2) is 12.5. The van der Waals surface area contributed by atoms with Crippen LogP contribution in [0.3, 0.4) is 0 Å². The minimum Gasteiger partial charge on any atom is -0.493 e. The van der Waals surface area contributed by atoms with Gasteiger partial charge in [-0.3, -0.25) is 4.68 Å². The van der Waals surface area contributed by atoms with E-state index in [-0.39, 0.29) is 24.6 Å². The van der Waals surface area contributed by atoms with E-state index in [1.165, 1.54) is 10.9 Å². The van der Waals surface area contributed by atoms with Crippen molar-refractivity contribution >= 4 is 11.6 Å². The first kappa shape index (κ1) is 28.3. The second-order valence-electron chi connectivity index (χ2n) is 10.2. The number of likely N-dealkylation sites (tertiary alicyclic amines) is 1. The van der Waals surface area contributed by atoms with Crippen molar-refractivity contribution in [2.45, 2.75) is 45.3 Å². The maximum atomic E-state index is 10.3. The molecule has 0 radical (unpaired) electrons. The molecular formula is C28H37N9O4. The Bertz CT molecular complexity index is 1460. The Labute approximate surface area is 238 Å². The fourth-order valence-corrected chi connectivity index (χ4v) is 4.79. The van der Waals surface area contributed by atoms with Crippen molar-refractivity contribution in [2.75, 3.05) is 38.7 Å². The summed E-state index contributed by atoms with van der Waals surface area (Å²) in [6.45, 7) is 6.37. The van der Waals surface area contributed by atoms with E-state index in [0.29, 0.717) is 47.7 Å². The molecule has 1 aliphatic heterocycles. The van der Waals surface area contributed by atoms with Crippen LogP contribution < -0.4 is 14.8 Å². The molecule has 41 heavy (non-hydrogen) atoms. The Morgan fingerprint density at radius 3 is 2.61 bits per heavy atom. The molecule has 0 saturated carbocycles. The maximum Gasteiger partial charge on any atom is 0.240 e. The van der Waals surface area contributed by atoms with E-state index < -0.39 is 0 Å². The van der Waals surface area contributed by atoms with Crippen LogP contribution >= 0.6 is 0 Å². The molecule has 13 nitrogen and oxygen atoms in total. The number of hydrogen-bond donors (Lipinski definition) is 3. The first-order valence-electron chi connectivity index (χ1n) is 13.9. The number of aromatic nitrogens is 7. The molecule has 13 heteroatoms. The first-order valence-corrected chi connectivity index (χ1v) is 13.9. The highest BCUT2D eigenvalue weighted by Crippen LogP contribution is 2.39. The van der Waals surface area contributed by atoms with E-state index >= 15 is 0 Å². The summed E-state index contributed by atoms with van der Waals surface area (Å²) >= 11 is 0. The number of ether oxygens (including phenoxy) is 2. The molecule has 4 aromatic rings. The number of aliphatic hydroxyl groups excluding tert-OH is 1. The lowest BCUT2D eigenvalue weighted by Crippen LogP contribution is -2.31. The largest absolute Gasteiger partial charge is 0.493 e. The van der Waals surface area contributed by atoms with E-state index in [4.69, 9.17) is 14.6 Å². The van der Waals surface area contributed by atoms with Gasteiger partial charge in [-0.05, 0) is 52.9 Å². The molecule has 0 aliphatic carbocycles. The van der Waals surface area contributed by atoms with Crippen molar-refractivity contribution in [3.8, 4) is 40.0 Å². The summed E-state index contributed by atoms with van der Waals surface area (Å²) in [5.74, 6) is 2.40. The van der Waals surface area contributed by atoms with Crippen LogP contribution in [0.2, 0.25) is 0 Å². The number of aryl methyl sites for hydroxylation is 1. The Kier molecular flexibility index (Phi) is 8.64. The molecule has 1 saturated heterocycles.